The Kier molecular flexibility index (Phi) is 7.57. The molecule has 2 unspecified atom stereocenters. The molecule has 232 valence electrons. The Morgan fingerprint density at radius 3 is 2.38 bits per heavy atom. The van der Waals surface area contributed by atoms with Crippen LogP contribution in [0.1, 0.15) is 111 Å². The first-order valence-electron chi connectivity index (χ1n) is 17.0. The van der Waals surface area contributed by atoms with Crippen LogP contribution in [0.25, 0.3) is 0 Å². The molecule has 0 heterocycles. The molecule has 0 radical (unpaired) electrons. The highest BCUT2D eigenvalue weighted by molar-refractivity contribution is 5.68. The van der Waals surface area contributed by atoms with Crippen molar-refractivity contribution in [1.82, 2.24) is 0 Å². The number of rotatable bonds is 6. The fourth-order valence-corrected chi connectivity index (χ4v) is 12.3. The van der Waals surface area contributed by atoms with Crippen LogP contribution in [0.5, 0.6) is 0 Å². The van der Waals surface area contributed by atoms with Gasteiger partial charge >= 0.3 is 5.97 Å². The number of carboxylic acids is 1. The van der Waals surface area contributed by atoms with Crippen molar-refractivity contribution in [2.24, 2.45) is 56.7 Å². The van der Waals surface area contributed by atoms with E-state index in [9.17, 15) is 15.0 Å². The average molecular weight is 577 g/mol. The van der Waals surface area contributed by atoms with E-state index in [1.54, 1.807) is 5.57 Å². The highest BCUT2D eigenvalue weighted by Gasteiger charge is 2.69. The molecule has 11 atom stereocenters. The Bertz CT molecular complexity index is 1210. The lowest BCUT2D eigenvalue weighted by Crippen LogP contribution is -2.65. The predicted molar refractivity (Wildman–Crippen MR) is 168 cm³/mol. The predicted octanol–water partition coefficient (Wildman–Crippen LogP) is 8.68. The molecule has 0 amide bonds. The van der Waals surface area contributed by atoms with E-state index in [1.165, 1.54) is 12.0 Å². The van der Waals surface area contributed by atoms with Gasteiger partial charge in [-0.05, 0) is 120 Å². The molecule has 2 N–H and O–H groups in total. The largest absolute Gasteiger partial charge is 0.481 e. The maximum atomic E-state index is 12.2. The van der Waals surface area contributed by atoms with Gasteiger partial charge in [0.25, 0.3) is 0 Å². The van der Waals surface area contributed by atoms with Crippen molar-refractivity contribution < 1.29 is 19.7 Å². The SMILES string of the molecule is C[C@H]1[C@H](C)CC[C@]2(CC(=O)O)CC[C@]3(C)C(=CC[C@@H]4[C@@]5(C)C[C@@H](OCc6ccccc6)CC(C)(CO)C5CC[C@]43C)[C@H]12. The van der Waals surface area contributed by atoms with Gasteiger partial charge in [0.1, 0.15) is 0 Å². The third kappa shape index (κ3) is 4.39. The van der Waals surface area contributed by atoms with Crippen LogP contribution in [-0.4, -0.2) is 28.9 Å². The molecule has 6 rings (SSSR count). The first-order chi connectivity index (χ1) is 19.8. The minimum Gasteiger partial charge on any atom is -0.481 e. The van der Waals surface area contributed by atoms with Gasteiger partial charge in [-0.1, -0.05) is 83.5 Å². The number of aliphatic carboxylic acids is 1. The Labute approximate surface area is 254 Å². The highest BCUT2D eigenvalue weighted by atomic mass is 16.5. The fraction of sp³-hybridized carbons (Fsp3) is 0.763. The monoisotopic (exact) mass is 576 g/mol. The average Bonchev–Trinajstić information content (AvgIpc) is 2.94. The van der Waals surface area contributed by atoms with Crippen molar-refractivity contribution in [3.05, 3.63) is 47.5 Å². The number of hydrogen-bond donors (Lipinski definition) is 2. The summed E-state index contributed by atoms with van der Waals surface area (Å²) < 4.78 is 6.69. The highest BCUT2D eigenvalue weighted by Crippen LogP contribution is 2.76. The second kappa shape index (κ2) is 10.5. The van der Waals surface area contributed by atoms with Gasteiger partial charge in [-0.3, -0.25) is 4.79 Å². The number of carboxylic acid groups (broad SMARTS) is 1. The molecule has 0 saturated heterocycles. The smallest absolute Gasteiger partial charge is 0.303 e. The molecule has 42 heavy (non-hydrogen) atoms. The van der Waals surface area contributed by atoms with E-state index in [1.807, 2.05) is 0 Å². The van der Waals surface area contributed by atoms with Crippen molar-refractivity contribution in [1.29, 1.82) is 0 Å². The summed E-state index contributed by atoms with van der Waals surface area (Å²) >= 11 is 0. The summed E-state index contributed by atoms with van der Waals surface area (Å²) in [6.45, 7) is 15.7. The van der Waals surface area contributed by atoms with E-state index in [0.717, 1.165) is 51.4 Å². The number of fused-ring (bicyclic) bond motifs is 7. The topological polar surface area (TPSA) is 66.8 Å². The van der Waals surface area contributed by atoms with Crippen molar-refractivity contribution in [3.8, 4) is 0 Å². The molecule has 4 nitrogen and oxygen atoms in total. The Morgan fingerprint density at radius 2 is 1.69 bits per heavy atom. The van der Waals surface area contributed by atoms with Crippen molar-refractivity contribution in [2.75, 3.05) is 6.61 Å². The first kappa shape index (κ1) is 30.4. The lowest BCUT2D eigenvalue weighted by Gasteiger charge is -2.71. The second-order valence-electron chi connectivity index (χ2n) is 16.7. The Hall–Kier alpha value is -1.65. The molecule has 0 bridgehead atoms. The standard InChI is InChI=1S/C38H56O4/c1-25-14-17-38(22-32(40)41)19-18-36(5)29(33(38)26(25)2)12-13-31-35(4)21-28(42-23-27-10-8-7-9-11-27)20-34(3,24-39)30(35)15-16-37(31,36)6/h7-12,25-26,28,30-31,33,39H,13-24H2,1-6H3,(H,40,41)/t25-,26+,28+,30?,31-,33+,34?,35+,36-,37-,38-/m1/s1. The van der Waals surface area contributed by atoms with E-state index < -0.39 is 5.97 Å². The minimum absolute atomic E-state index is 0.0787. The fourth-order valence-electron chi connectivity index (χ4n) is 12.3. The van der Waals surface area contributed by atoms with Crippen LogP contribution in [-0.2, 0) is 16.1 Å². The summed E-state index contributed by atoms with van der Waals surface area (Å²) in [5.41, 5.74) is 2.90. The molecule has 0 aliphatic heterocycles. The van der Waals surface area contributed by atoms with Crippen LogP contribution >= 0.6 is 0 Å². The van der Waals surface area contributed by atoms with Gasteiger partial charge in [0.15, 0.2) is 0 Å². The van der Waals surface area contributed by atoms with E-state index in [4.69, 9.17) is 4.74 Å². The number of aliphatic hydroxyl groups excluding tert-OH is 1. The van der Waals surface area contributed by atoms with Gasteiger partial charge in [0.2, 0.25) is 0 Å². The third-order valence-corrected chi connectivity index (χ3v) is 14.8. The molecule has 4 heteroatoms. The van der Waals surface area contributed by atoms with E-state index in [2.05, 4.69) is 78.0 Å². The summed E-state index contributed by atoms with van der Waals surface area (Å²) in [6, 6.07) is 10.5. The lowest BCUT2D eigenvalue weighted by molar-refractivity contribution is -0.215. The van der Waals surface area contributed by atoms with Crippen LogP contribution in [0.4, 0.5) is 0 Å². The maximum absolute atomic E-state index is 12.2. The van der Waals surface area contributed by atoms with Crippen LogP contribution < -0.4 is 0 Å². The van der Waals surface area contributed by atoms with Crippen LogP contribution in [0.15, 0.2) is 42.0 Å². The minimum atomic E-state index is -0.620. The number of ether oxygens (including phenoxy) is 1. The molecule has 4 saturated carbocycles. The zero-order chi connectivity index (χ0) is 30.1. The second-order valence-corrected chi connectivity index (χ2v) is 16.7. The van der Waals surface area contributed by atoms with Gasteiger partial charge in [-0.2, -0.15) is 0 Å². The van der Waals surface area contributed by atoms with Crippen LogP contribution in [0.3, 0.4) is 0 Å². The lowest BCUT2D eigenvalue weighted by atomic mass is 9.33. The number of benzene rings is 1. The van der Waals surface area contributed by atoms with Crippen molar-refractivity contribution in [3.63, 3.8) is 0 Å². The number of carbonyl (C=O) groups is 1. The number of aliphatic hydroxyl groups is 1. The first-order valence-corrected chi connectivity index (χ1v) is 17.0. The normalized spacial score (nSPS) is 48.2. The number of allylic oxidation sites excluding steroid dienone is 2. The molecule has 5 aliphatic rings. The molecule has 4 fully saturated rings. The molecule has 1 aromatic rings. The van der Waals surface area contributed by atoms with Crippen molar-refractivity contribution >= 4 is 5.97 Å². The Balaban J connectivity index is 1.37. The Morgan fingerprint density at radius 1 is 0.952 bits per heavy atom. The summed E-state index contributed by atoms with van der Waals surface area (Å²) in [5, 5.41) is 20.9. The quantitative estimate of drug-likeness (QED) is 0.333. The summed E-state index contributed by atoms with van der Waals surface area (Å²) in [5.74, 6) is 1.90. The molecule has 0 spiro atoms. The summed E-state index contributed by atoms with van der Waals surface area (Å²) in [6.07, 6.45) is 12.8. The zero-order valence-corrected chi connectivity index (χ0v) is 27.1. The van der Waals surface area contributed by atoms with Gasteiger partial charge in [-0.15, -0.1) is 0 Å². The van der Waals surface area contributed by atoms with E-state index in [-0.39, 0.29) is 39.8 Å². The third-order valence-electron chi connectivity index (χ3n) is 14.8. The van der Waals surface area contributed by atoms with E-state index in [0.29, 0.717) is 42.6 Å². The van der Waals surface area contributed by atoms with Gasteiger partial charge in [0.05, 0.1) is 19.1 Å². The summed E-state index contributed by atoms with van der Waals surface area (Å²) in [7, 11) is 0. The maximum Gasteiger partial charge on any atom is 0.303 e. The van der Waals surface area contributed by atoms with Gasteiger partial charge in [0, 0.05) is 6.61 Å². The van der Waals surface area contributed by atoms with Gasteiger partial charge < -0.3 is 14.9 Å². The number of hydrogen-bond acceptors (Lipinski definition) is 3. The zero-order valence-electron chi connectivity index (χ0n) is 27.1. The van der Waals surface area contributed by atoms with Crippen LogP contribution in [0, 0.1) is 56.7 Å². The van der Waals surface area contributed by atoms with E-state index >= 15 is 0 Å². The van der Waals surface area contributed by atoms with Gasteiger partial charge in [-0.25, -0.2) is 0 Å². The molecule has 5 aliphatic carbocycles. The van der Waals surface area contributed by atoms with Crippen LogP contribution in [0.2, 0.25) is 0 Å². The molecule has 0 aromatic heterocycles. The van der Waals surface area contributed by atoms with Crippen molar-refractivity contribution in [2.45, 2.75) is 118 Å². The molecule has 1 aromatic carbocycles. The molecular formula is C38H56O4. The molecular weight excluding hydrogens is 520 g/mol. The summed E-state index contributed by atoms with van der Waals surface area (Å²) in [4.78, 5) is 12.2.